The lowest BCUT2D eigenvalue weighted by molar-refractivity contribution is 0.0914. The van der Waals surface area contributed by atoms with Crippen LogP contribution in [-0.2, 0) is 0 Å². The molecule has 0 aliphatic heterocycles. The van der Waals surface area contributed by atoms with Crippen LogP contribution in [0, 0.1) is 13.8 Å². The van der Waals surface area contributed by atoms with Crippen molar-refractivity contribution in [2.45, 2.75) is 46.2 Å². The summed E-state index contributed by atoms with van der Waals surface area (Å²) in [5.41, 5.74) is 3.89. The lowest BCUT2D eigenvalue weighted by Crippen LogP contribution is -2.37. The molecule has 0 spiro atoms. The maximum Gasteiger partial charge on any atom is 0.253 e. The topological polar surface area (TPSA) is 54.3 Å². The molecule has 1 amide bonds. The molecule has 124 valence electrons. The van der Waals surface area contributed by atoms with Crippen molar-refractivity contribution < 1.29 is 9.90 Å². The van der Waals surface area contributed by atoms with E-state index in [1.165, 1.54) is 5.56 Å². The molecule has 0 radical (unpaired) electrons. The Hall–Kier alpha value is -2.07. The minimum Gasteiger partial charge on any atom is -0.394 e. The van der Waals surface area contributed by atoms with E-state index in [1.54, 1.807) is 0 Å². The second-order valence-electron chi connectivity index (χ2n) is 6.00. The molecule has 23 heavy (non-hydrogen) atoms. The van der Waals surface area contributed by atoms with Crippen LogP contribution < -0.4 is 5.32 Å². The molecule has 0 aliphatic rings. The van der Waals surface area contributed by atoms with Crippen molar-refractivity contribution in [3.05, 3.63) is 58.9 Å². The Balaban J connectivity index is 2.31. The second kappa shape index (κ2) is 7.47. The molecule has 1 aromatic carbocycles. The fourth-order valence-electron chi connectivity index (χ4n) is 3.02. The summed E-state index contributed by atoms with van der Waals surface area (Å²) in [5, 5.41) is 12.2. The third-order valence-electron chi connectivity index (χ3n) is 4.45. The summed E-state index contributed by atoms with van der Waals surface area (Å²) >= 11 is 0. The molecule has 1 heterocycles. The number of rotatable bonds is 6. The van der Waals surface area contributed by atoms with Crippen LogP contribution in [0.25, 0.3) is 0 Å². The third kappa shape index (κ3) is 3.64. The van der Waals surface area contributed by atoms with Crippen LogP contribution in [0.4, 0.5) is 0 Å². The van der Waals surface area contributed by atoms with E-state index in [1.807, 2.05) is 45.0 Å². The smallest absolute Gasteiger partial charge is 0.253 e. The van der Waals surface area contributed by atoms with E-state index >= 15 is 0 Å². The highest BCUT2D eigenvalue weighted by Gasteiger charge is 2.20. The first-order valence-corrected chi connectivity index (χ1v) is 8.14. The van der Waals surface area contributed by atoms with Gasteiger partial charge in [0.05, 0.1) is 24.3 Å². The SMILES string of the molecule is CCC(CO)NC(=O)c1cc(C)n(C(C)c2ccccc2)c1C. The average molecular weight is 314 g/mol. The number of hydrogen-bond acceptors (Lipinski definition) is 2. The van der Waals surface area contributed by atoms with Gasteiger partial charge < -0.3 is 15.0 Å². The molecule has 0 aliphatic carbocycles. The first-order valence-electron chi connectivity index (χ1n) is 8.14. The molecule has 2 rings (SSSR count). The lowest BCUT2D eigenvalue weighted by Gasteiger charge is -2.19. The van der Waals surface area contributed by atoms with Crippen LogP contribution in [0.1, 0.15) is 53.6 Å². The van der Waals surface area contributed by atoms with Crippen LogP contribution in [-0.4, -0.2) is 28.2 Å². The summed E-state index contributed by atoms with van der Waals surface area (Å²) in [4.78, 5) is 12.5. The van der Waals surface area contributed by atoms with E-state index in [4.69, 9.17) is 0 Å². The van der Waals surface area contributed by atoms with E-state index in [0.29, 0.717) is 12.0 Å². The lowest BCUT2D eigenvalue weighted by atomic mass is 10.1. The fraction of sp³-hybridized carbons (Fsp3) is 0.421. The maximum absolute atomic E-state index is 12.5. The summed E-state index contributed by atoms with van der Waals surface area (Å²) in [7, 11) is 0. The molecule has 2 aromatic rings. The molecule has 2 unspecified atom stereocenters. The van der Waals surface area contributed by atoms with Gasteiger partial charge in [0.2, 0.25) is 0 Å². The van der Waals surface area contributed by atoms with Crippen molar-refractivity contribution in [2.75, 3.05) is 6.61 Å². The Bertz CT molecular complexity index is 658. The molecule has 0 bridgehead atoms. The summed E-state index contributed by atoms with van der Waals surface area (Å²) in [6.45, 7) is 8.04. The number of amides is 1. The van der Waals surface area contributed by atoms with Crippen molar-refractivity contribution >= 4 is 5.91 Å². The van der Waals surface area contributed by atoms with Crippen molar-refractivity contribution in [3.63, 3.8) is 0 Å². The van der Waals surface area contributed by atoms with Crippen LogP contribution >= 0.6 is 0 Å². The van der Waals surface area contributed by atoms with E-state index in [2.05, 4.69) is 28.9 Å². The summed E-state index contributed by atoms with van der Waals surface area (Å²) in [5.74, 6) is -0.120. The Kier molecular flexibility index (Phi) is 5.61. The molecule has 0 fully saturated rings. The van der Waals surface area contributed by atoms with Gasteiger partial charge in [-0.3, -0.25) is 4.79 Å². The molecular formula is C19H26N2O2. The third-order valence-corrected chi connectivity index (χ3v) is 4.45. The van der Waals surface area contributed by atoms with Gasteiger partial charge >= 0.3 is 0 Å². The minimum atomic E-state index is -0.197. The number of nitrogens with one attached hydrogen (secondary N) is 1. The van der Waals surface area contributed by atoms with Crippen molar-refractivity contribution in [3.8, 4) is 0 Å². The highest BCUT2D eigenvalue weighted by molar-refractivity contribution is 5.96. The summed E-state index contributed by atoms with van der Waals surface area (Å²) in [6, 6.07) is 12.2. The van der Waals surface area contributed by atoms with Gasteiger partial charge in [0.1, 0.15) is 0 Å². The molecule has 2 atom stereocenters. The standard InChI is InChI=1S/C19H26N2O2/c1-5-17(12-22)20-19(23)18-11-13(2)21(15(18)4)14(3)16-9-7-6-8-10-16/h6-11,14,17,22H,5,12H2,1-4H3,(H,20,23). The number of hydrogen-bond donors (Lipinski definition) is 2. The Morgan fingerprint density at radius 2 is 1.91 bits per heavy atom. The molecular weight excluding hydrogens is 288 g/mol. The van der Waals surface area contributed by atoms with Crippen LogP contribution in [0.3, 0.4) is 0 Å². The molecule has 2 N–H and O–H groups in total. The molecule has 0 saturated heterocycles. The Labute approximate surface area is 138 Å². The Morgan fingerprint density at radius 1 is 1.26 bits per heavy atom. The van der Waals surface area contributed by atoms with Crippen LogP contribution in [0.15, 0.2) is 36.4 Å². The van der Waals surface area contributed by atoms with Gasteiger partial charge in [-0.15, -0.1) is 0 Å². The quantitative estimate of drug-likeness (QED) is 0.860. The number of carbonyl (C=O) groups excluding carboxylic acids is 1. The number of aliphatic hydroxyl groups is 1. The maximum atomic E-state index is 12.5. The van der Waals surface area contributed by atoms with Gasteiger partial charge in [0.15, 0.2) is 0 Å². The van der Waals surface area contributed by atoms with Gasteiger partial charge in [-0.25, -0.2) is 0 Å². The number of carbonyl (C=O) groups is 1. The zero-order valence-electron chi connectivity index (χ0n) is 14.3. The van der Waals surface area contributed by atoms with E-state index in [9.17, 15) is 9.90 Å². The van der Waals surface area contributed by atoms with E-state index in [-0.39, 0.29) is 24.6 Å². The molecule has 1 aromatic heterocycles. The predicted molar refractivity (Wildman–Crippen MR) is 92.8 cm³/mol. The predicted octanol–water partition coefficient (Wildman–Crippen LogP) is 3.21. The largest absolute Gasteiger partial charge is 0.394 e. The van der Waals surface area contributed by atoms with Gasteiger partial charge in [0, 0.05) is 11.4 Å². The van der Waals surface area contributed by atoms with Gasteiger partial charge in [-0.05, 0) is 38.8 Å². The van der Waals surface area contributed by atoms with Gasteiger partial charge in [0.25, 0.3) is 5.91 Å². The van der Waals surface area contributed by atoms with Crippen LogP contribution in [0.5, 0.6) is 0 Å². The second-order valence-corrected chi connectivity index (χ2v) is 6.00. The highest BCUT2D eigenvalue weighted by Crippen LogP contribution is 2.25. The van der Waals surface area contributed by atoms with E-state index in [0.717, 1.165) is 11.4 Å². The summed E-state index contributed by atoms with van der Waals surface area (Å²) in [6.07, 6.45) is 0.710. The van der Waals surface area contributed by atoms with Crippen molar-refractivity contribution in [1.29, 1.82) is 0 Å². The van der Waals surface area contributed by atoms with Crippen molar-refractivity contribution in [2.24, 2.45) is 0 Å². The average Bonchev–Trinajstić information content (AvgIpc) is 2.87. The first-order chi connectivity index (χ1) is 11.0. The molecule has 4 heteroatoms. The highest BCUT2D eigenvalue weighted by atomic mass is 16.3. The number of benzene rings is 1. The monoisotopic (exact) mass is 314 g/mol. The zero-order chi connectivity index (χ0) is 17.0. The number of aliphatic hydroxyl groups excluding tert-OH is 1. The minimum absolute atomic E-state index is 0.0403. The summed E-state index contributed by atoms with van der Waals surface area (Å²) < 4.78 is 2.18. The van der Waals surface area contributed by atoms with Crippen LogP contribution in [0.2, 0.25) is 0 Å². The molecule has 4 nitrogen and oxygen atoms in total. The van der Waals surface area contributed by atoms with Gasteiger partial charge in [-0.1, -0.05) is 37.3 Å². The zero-order valence-corrected chi connectivity index (χ0v) is 14.3. The first kappa shape index (κ1) is 17.3. The van der Waals surface area contributed by atoms with Crippen molar-refractivity contribution in [1.82, 2.24) is 9.88 Å². The molecule has 0 saturated carbocycles. The number of aryl methyl sites for hydroxylation is 1. The Morgan fingerprint density at radius 3 is 2.48 bits per heavy atom. The number of nitrogens with zero attached hydrogens (tertiary/aromatic N) is 1. The van der Waals surface area contributed by atoms with Gasteiger partial charge in [-0.2, -0.15) is 0 Å². The normalized spacial score (nSPS) is 13.6. The van der Waals surface area contributed by atoms with E-state index < -0.39 is 0 Å². The number of aromatic nitrogens is 1. The fourth-order valence-corrected chi connectivity index (χ4v) is 3.02.